The number of rotatable bonds is 32. The van der Waals surface area contributed by atoms with Crippen LogP contribution >= 0.6 is 0 Å². The molecule has 0 bridgehead atoms. The van der Waals surface area contributed by atoms with Crippen molar-refractivity contribution < 1.29 is 77.0 Å². The predicted octanol–water partition coefficient (Wildman–Crippen LogP) is 2.47. The van der Waals surface area contributed by atoms with Crippen LogP contribution in [0.2, 0.25) is 0 Å². The topological polar surface area (TPSA) is 229 Å². The summed E-state index contributed by atoms with van der Waals surface area (Å²) in [5, 5.41) is 56.9. The Labute approximate surface area is 356 Å². The Morgan fingerprint density at radius 3 is 1.00 bits per heavy atom. The monoisotopic (exact) mass is 874 g/mol. The van der Waals surface area contributed by atoms with Crippen molar-refractivity contribution in [1.82, 2.24) is 0 Å². The Kier molecular flexibility index (Phi) is 22.3. The second kappa shape index (κ2) is 27.5. The summed E-state index contributed by atoms with van der Waals surface area (Å²) >= 11 is 0. The SMILES string of the molecule is O=S(=O)(c1ccc(OCCOCCO)c(CCO)c1-c1ccc(OCCOCCO)cc1)c1ccc(OCCOCCO)c(CCO)c1-c1ccc(OCCOCCO)cc1. The largest absolute Gasteiger partial charge is 0.491 e. The molecular weight excluding hydrogens is 817 g/mol. The Morgan fingerprint density at radius 1 is 0.361 bits per heavy atom. The van der Waals surface area contributed by atoms with Crippen LogP contribution in [0, 0.1) is 0 Å². The van der Waals surface area contributed by atoms with Gasteiger partial charge in [0.05, 0.1) is 89.1 Å². The molecule has 0 atom stereocenters. The number of hydrogen-bond donors (Lipinski definition) is 6. The van der Waals surface area contributed by atoms with Gasteiger partial charge < -0.3 is 68.5 Å². The van der Waals surface area contributed by atoms with Gasteiger partial charge in [-0.15, -0.1) is 0 Å². The highest BCUT2D eigenvalue weighted by atomic mass is 32.2. The molecule has 336 valence electrons. The summed E-state index contributed by atoms with van der Waals surface area (Å²) in [6, 6.07) is 19.7. The minimum absolute atomic E-state index is 0.0340. The molecule has 0 radical (unpaired) electrons. The van der Waals surface area contributed by atoms with Crippen molar-refractivity contribution in [3.63, 3.8) is 0 Å². The van der Waals surface area contributed by atoms with Gasteiger partial charge in [0.15, 0.2) is 0 Å². The molecule has 0 amide bonds. The minimum atomic E-state index is -4.46. The molecule has 4 aromatic rings. The number of hydrogen-bond acceptors (Lipinski definition) is 16. The van der Waals surface area contributed by atoms with Crippen LogP contribution in [0.4, 0.5) is 0 Å². The van der Waals surface area contributed by atoms with Crippen molar-refractivity contribution in [3.05, 3.63) is 83.9 Å². The van der Waals surface area contributed by atoms with Gasteiger partial charge in [-0.25, -0.2) is 8.42 Å². The maximum atomic E-state index is 15.4. The maximum absolute atomic E-state index is 15.4. The smallest absolute Gasteiger partial charge is 0.207 e. The van der Waals surface area contributed by atoms with Crippen molar-refractivity contribution in [2.45, 2.75) is 22.6 Å². The van der Waals surface area contributed by atoms with Gasteiger partial charge >= 0.3 is 0 Å². The Morgan fingerprint density at radius 2 is 0.689 bits per heavy atom. The lowest BCUT2D eigenvalue weighted by Crippen LogP contribution is -2.14. The molecule has 16 nitrogen and oxygen atoms in total. The summed E-state index contributed by atoms with van der Waals surface area (Å²) < 4.78 is 75.9. The van der Waals surface area contributed by atoms with Crippen LogP contribution in [0.1, 0.15) is 11.1 Å². The summed E-state index contributed by atoms with van der Waals surface area (Å²) in [5.41, 5.74) is 2.45. The molecule has 4 rings (SSSR count). The molecule has 0 aliphatic heterocycles. The summed E-state index contributed by atoms with van der Waals surface area (Å²) in [7, 11) is -4.46. The van der Waals surface area contributed by atoms with E-state index in [1.54, 1.807) is 60.7 Å². The second-order valence-corrected chi connectivity index (χ2v) is 15.0. The van der Waals surface area contributed by atoms with E-state index in [-0.39, 0.29) is 142 Å². The van der Waals surface area contributed by atoms with Gasteiger partial charge in [-0.3, -0.25) is 0 Å². The molecular formula is C44H58O16S. The predicted molar refractivity (Wildman–Crippen MR) is 224 cm³/mol. The van der Waals surface area contributed by atoms with Crippen LogP contribution in [-0.4, -0.2) is 158 Å². The van der Waals surface area contributed by atoms with Crippen molar-refractivity contribution in [2.75, 3.05) is 119 Å². The van der Waals surface area contributed by atoms with Crippen LogP contribution in [-0.2, 0) is 41.6 Å². The van der Waals surface area contributed by atoms with E-state index in [2.05, 4.69) is 0 Å². The van der Waals surface area contributed by atoms with Crippen molar-refractivity contribution in [3.8, 4) is 45.3 Å². The first-order chi connectivity index (χ1) is 29.8. The zero-order chi connectivity index (χ0) is 43.7. The molecule has 0 saturated heterocycles. The average Bonchev–Trinajstić information content (AvgIpc) is 3.27. The maximum Gasteiger partial charge on any atom is 0.207 e. The summed E-state index contributed by atoms with van der Waals surface area (Å²) in [5.74, 6) is 1.66. The number of benzene rings is 4. The highest BCUT2D eigenvalue weighted by Crippen LogP contribution is 2.44. The molecule has 0 saturated carbocycles. The molecule has 0 spiro atoms. The molecule has 61 heavy (non-hydrogen) atoms. The Balaban J connectivity index is 1.88. The van der Waals surface area contributed by atoms with Crippen molar-refractivity contribution in [2.24, 2.45) is 0 Å². The minimum Gasteiger partial charge on any atom is -0.491 e. The van der Waals surface area contributed by atoms with Crippen LogP contribution in [0.3, 0.4) is 0 Å². The first kappa shape index (κ1) is 49.3. The molecule has 4 aromatic carbocycles. The number of sulfone groups is 1. The lowest BCUT2D eigenvalue weighted by atomic mass is 9.96. The van der Waals surface area contributed by atoms with Crippen molar-refractivity contribution >= 4 is 9.84 Å². The average molecular weight is 875 g/mol. The van der Waals surface area contributed by atoms with Gasteiger partial charge in [-0.1, -0.05) is 24.3 Å². The van der Waals surface area contributed by atoms with Crippen LogP contribution < -0.4 is 18.9 Å². The van der Waals surface area contributed by atoms with Gasteiger partial charge in [0.2, 0.25) is 9.84 Å². The normalized spacial score (nSPS) is 11.5. The van der Waals surface area contributed by atoms with E-state index >= 15 is 8.42 Å². The van der Waals surface area contributed by atoms with E-state index in [9.17, 15) is 10.2 Å². The molecule has 0 aromatic heterocycles. The lowest BCUT2D eigenvalue weighted by molar-refractivity contribution is 0.0702. The highest BCUT2D eigenvalue weighted by Gasteiger charge is 2.31. The Bertz CT molecular complexity index is 1820. The van der Waals surface area contributed by atoms with Gasteiger partial charge in [-0.05, 0) is 72.5 Å². The number of aliphatic hydroxyl groups is 6. The molecule has 17 heteroatoms. The number of ether oxygens (including phenoxy) is 8. The van der Waals surface area contributed by atoms with Crippen LogP contribution in [0.25, 0.3) is 22.3 Å². The summed E-state index contributed by atoms with van der Waals surface area (Å²) in [6.45, 7) is 0.853. The van der Waals surface area contributed by atoms with Crippen LogP contribution in [0.5, 0.6) is 23.0 Å². The third-order valence-corrected chi connectivity index (χ3v) is 10.8. The standard InChI is InChI=1S/C44H58O16S/c45-15-13-37-39(59-31-27-55-23-19-49)9-11-41(43(37)33-1-5-35(6-2-33)57-29-25-53-21-17-47)61(51,52)42-12-10-40(60-32-28-56-24-20-50)38(14-16-46)44(42)34-3-7-36(8-4-34)58-30-26-54-22-18-48/h1-12,45-50H,13-32H2. The second-order valence-electron chi connectivity index (χ2n) is 13.1. The molecule has 0 unspecified atom stereocenters. The van der Waals surface area contributed by atoms with Gasteiger partial charge in [-0.2, -0.15) is 0 Å². The zero-order valence-electron chi connectivity index (χ0n) is 34.2. The fourth-order valence-electron chi connectivity index (χ4n) is 6.36. The summed E-state index contributed by atoms with van der Waals surface area (Å²) in [6.07, 6.45) is 0.0679. The fourth-order valence-corrected chi connectivity index (χ4v) is 8.12. The first-order valence-corrected chi connectivity index (χ1v) is 21.6. The van der Waals surface area contributed by atoms with Gasteiger partial charge in [0.25, 0.3) is 0 Å². The summed E-state index contributed by atoms with van der Waals surface area (Å²) in [4.78, 5) is -0.146. The van der Waals surface area contributed by atoms with E-state index in [4.69, 9.17) is 58.3 Å². The third-order valence-electron chi connectivity index (χ3n) is 8.96. The fraction of sp³-hybridized carbons (Fsp3) is 0.455. The number of aliphatic hydroxyl groups excluding tert-OH is 6. The first-order valence-electron chi connectivity index (χ1n) is 20.1. The quantitative estimate of drug-likeness (QED) is 0.0387. The molecule has 0 heterocycles. The van der Waals surface area contributed by atoms with Gasteiger partial charge in [0.1, 0.15) is 49.4 Å². The van der Waals surface area contributed by atoms with E-state index < -0.39 is 9.84 Å². The van der Waals surface area contributed by atoms with E-state index in [1.165, 1.54) is 12.1 Å². The Hall–Kier alpha value is -4.37. The zero-order valence-corrected chi connectivity index (χ0v) is 35.1. The molecule has 0 fully saturated rings. The molecule has 0 aliphatic carbocycles. The van der Waals surface area contributed by atoms with Crippen LogP contribution in [0.15, 0.2) is 82.6 Å². The molecule has 6 N–H and O–H groups in total. The van der Waals surface area contributed by atoms with Crippen molar-refractivity contribution in [1.29, 1.82) is 0 Å². The third kappa shape index (κ3) is 14.9. The van der Waals surface area contributed by atoms with E-state index in [1.807, 2.05) is 0 Å². The van der Waals surface area contributed by atoms with E-state index in [0.717, 1.165) is 0 Å². The van der Waals surface area contributed by atoms with Gasteiger partial charge in [0, 0.05) is 35.5 Å². The lowest BCUT2D eigenvalue weighted by Gasteiger charge is -2.23. The van der Waals surface area contributed by atoms with E-state index in [0.29, 0.717) is 56.4 Å². The molecule has 0 aliphatic rings. The highest BCUT2D eigenvalue weighted by molar-refractivity contribution is 7.91.